The molecule has 0 aliphatic rings. The maximum absolute atomic E-state index is 6.35. The highest BCUT2D eigenvalue weighted by Gasteiger charge is 2.30. The largest absolute Gasteiger partial charge is 0.0941 e. The Morgan fingerprint density at radius 2 is 1.24 bits per heavy atom. The van der Waals surface area contributed by atoms with Crippen LogP contribution in [0.2, 0.25) is 5.21 Å². The zero-order valence-corrected chi connectivity index (χ0v) is 12.5. The molecule has 0 aliphatic heterocycles. The Hall–Kier alpha value is 0.130. The summed E-state index contributed by atoms with van der Waals surface area (Å²) in [5, 5.41) is -0.485. The molecule has 0 heterocycles. The first-order valence-corrected chi connectivity index (χ1v) is 7.54. The zero-order chi connectivity index (χ0) is 13.3. The molecule has 0 unspecified atom stereocenters. The van der Waals surface area contributed by atoms with Gasteiger partial charge in [0.05, 0.1) is 15.7 Å². The van der Waals surface area contributed by atoms with Gasteiger partial charge in [-0.1, -0.05) is 96.1 Å². The summed E-state index contributed by atoms with van der Waals surface area (Å²) in [5.41, 5.74) is 0. The van der Waals surface area contributed by atoms with Gasteiger partial charge in [0.25, 0.3) is 0 Å². The molecule has 0 N–H and O–H groups in total. The molecule has 0 atom stereocenters. The molecular weight excluding hydrogens is 202 g/mol. The number of hydrogen-bond donors (Lipinski definition) is 0. The van der Waals surface area contributed by atoms with Gasteiger partial charge in [0.2, 0.25) is 0 Å². The van der Waals surface area contributed by atoms with Crippen molar-refractivity contribution in [1.29, 1.82) is 0 Å². The molecule has 0 fully saturated rings. The molecule has 0 aromatic heterocycles. The highest BCUT2D eigenvalue weighted by Crippen LogP contribution is 2.42. The minimum atomic E-state index is -0.485. The maximum Gasteiger partial charge on any atom is 0.0627 e. The van der Waals surface area contributed by atoms with Crippen LogP contribution >= 0.6 is 0 Å². The molecule has 0 saturated carbocycles. The summed E-state index contributed by atoms with van der Waals surface area (Å²) in [7, 11) is 12.7. The van der Waals surface area contributed by atoms with Crippen LogP contribution in [0.1, 0.15) is 79.1 Å². The van der Waals surface area contributed by atoms with Gasteiger partial charge in [0.1, 0.15) is 0 Å². The predicted octanol–water partition coefficient (Wildman–Crippen LogP) is 4.87. The molecule has 4 radical (unpaired) electrons. The van der Waals surface area contributed by atoms with Crippen LogP contribution in [0.25, 0.3) is 0 Å². The summed E-state index contributed by atoms with van der Waals surface area (Å²) in [5.74, 6) is 0.844. The smallest absolute Gasteiger partial charge is 0.0627 e. The molecule has 17 heavy (non-hydrogen) atoms. The fourth-order valence-electron chi connectivity index (χ4n) is 2.40. The van der Waals surface area contributed by atoms with Crippen molar-refractivity contribution in [1.82, 2.24) is 0 Å². The van der Waals surface area contributed by atoms with E-state index in [0.29, 0.717) is 11.8 Å². The Kier molecular flexibility index (Phi) is 9.18. The third kappa shape index (κ3) is 6.58. The van der Waals surface area contributed by atoms with Crippen LogP contribution in [-0.2, 0) is 0 Å². The van der Waals surface area contributed by atoms with E-state index in [4.69, 9.17) is 15.7 Å². The lowest BCUT2D eigenvalue weighted by molar-refractivity contribution is 0.311. The van der Waals surface area contributed by atoms with E-state index in [-0.39, 0.29) is 0 Å². The Labute approximate surface area is 112 Å². The van der Waals surface area contributed by atoms with E-state index in [1.165, 1.54) is 51.4 Å². The topological polar surface area (TPSA) is 0 Å². The van der Waals surface area contributed by atoms with E-state index in [1.54, 1.807) is 0 Å². The second-order valence-electron chi connectivity index (χ2n) is 5.84. The fourth-order valence-corrected chi connectivity index (χ4v) is 2.40. The molecule has 0 nitrogen and oxygen atoms in total. The standard InChI is InChI=1S/C15H30B2/c1-5-7-9-11-14(12-10-8-6-2)15(16,17)13(3)4/h13-14H,5-12H2,1-4H3. The molecule has 0 saturated heterocycles. The van der Waals surface area contributed by atoms with Crippen molar-refractivity contribution in [2.45, 2.75) is 84.3 Å². The van der Waals surface area contributed by atoms with Gasteiger partial charge in [-0.25, -0.2) is 0 Å². The molecule has 96 valence electrons. The highest BCUT2D eigenvalue weighted by atomic mass is 14.3. The summed E-state index contributed by atoms with van der Waals surface area (Å²) < 4.78 is 0. The molecule has 0 aromatic carbocycles. The van der Waals surface area contributed by atoms with Gasteiger partial charge in [-0.05, 0) is 0 Å². The average molecular weight is 232 g/mol. The Balaban J connectivity index is 4.27. The Bertz CT molecular complexity index is 166. The third-order valence-electron chi connectivity index (χ3n) is 4.02. The molecule has 0 amide bonds. The lowest BCUT2D eigenvalue weighted by Crippen LogP contribution is -2.30. The quantitative estimate of drug-likeness (QED) is 0.372. The summed E-state index contributed by atoms with van der Waals surface area (Å²) in [6.07, 6.45) is 10.1. The van der Waals surface area contributed by atoms with Gasteiger partial charge in [-0.2, -0.15) is 0 Å². The van der Waals surface area contributed by atoms with Crippen LogP contribution in [0.15, 0.2) is 0 Å². The van der Waals surface area contributed by atoms with Crippen molar-refractivity contribution in [3.63, 3.8) is 0 Å². The van der Waals surface area contributed by atoms with Crippen molar-refractivity contribution in [2.24, 2.45) is 11.8 Å². The van der Waals surface area contributed by atoms with Crippen molar-refractivity contribution >= 4 is 15.7 Å². The molecule has 2 heteroatoms. The third-order valence-corrected chi connectivity index (χ3v) is 4.02. The first-order valence-electron chi connectivity index (χ1n) is 7.54. The summed E-state index contributed by atoms with van der Waals surface area (Å²) in [6, 6.07) is 0. The fraction of sp³-hybridized carbons (Fsp3) is 1.00. The SMILES string of the molecule is [B]C([B])(C(C)C)C(CCCCC)CCCCC. The van der Waals surface area contributed by atoms with E-state index < -0.39 is 5.21 Å². The normalized spacial score (nSPS) is 12.6. The second kappa shape index (κ2) is 9.11. The second-order valence-corrected chi connectivity index (χ2v) is 5.84. The van der Waals surface area contributed by atoms with Crippen LogP contribution in [0.4, 0.5) is 0 Å². The van der Waals surface area contributed by atoms with Crippen molar-refractivity contribution in [2.75, 3.05) is 0 Å². The van der Waals surface area contributed by atoms with Crippen LogP contribution in [0.3, 0.4) is 0 Å². The lowest BCUT2D eigenvalue weighted by atomic mass is 9.42. The van der Waals surface area contributed by atoms with E-state index >= 15 is 0 Å². The van der Waals surface area contributed by atoms with Crippen molar-refractivity contribution in [3.05, 3.63) is 0 Å². The van der Waals surface area contributed by atoms with E-state index in [2.05, 4.69) is 27.7 Å². The van der Waals surface area contributed by atoms with E-state index in [0.717, 1.165) is 0 Å². The van der Waals surface area contributed by atoms with Crippen molar-refractivity contribution < 1.29 is 0 Å². The van der Waals surface area contributed by atoms with Gasteiger partial charge >= 0.3 is 0 Å². The molecule has 0 aromatic rings. The molecular formula is C15H30B2. The first kappa shape index (κ1) is 17.1. The van der Waals surface area contributed by atoms with Gasteiger partial charge in [-0.15, -0.1) is 0 Å². The minimum absolute atomic E-state index is 0.357. The first-order chi connectivity index (χ1) is 7.96. The minimum Gasteiger partial charge on any atom is -0.0941 e. The number of rotatable bonds is 10. The summed E-state index contributed by atoms with van der Waals surface area (Å²) >= 11 is 0. The van der Waals surface area contributed by atoms with Crippen molar-refractivity contribution in [3.8, 4) is 0 Å². The van der Waals surface area contributed by atoms with Gasteiger partial charge in [0, 0.05) is 0 Å². The Morgan fingerprint density at radius 1 is 0.824 bits per heavy atom. The van der Waals surface area contributed by atoms with Gasteiger partial charge < -0.3 is 0 Å². The zero-order valence-electron chi connectivity index (χ0n) is 12.5. The number of unbranched alkanes of at least 4 members (excludes halogenated alkanes) is 4. The van der Waals surface area contributed by atoms with E-state index in [1.807, 2.05) is 0 Å². The van der Waals surface area contributed by atoms with E-state index in [9.17, 15) is 0 Å². The maximum atomic E-state index is 6.35. The molecule has 0 spiro atoms. The number of hydrogen-bond acceptors (Lipinski definition) is 0. The summed E-state index contributed by atoms with van der Waals surface area (Å²) in [6.45, 7) is 8.78. The summed E-state index contributed by atoms with van der Waals surface area (Å²) in [4.78, 5) is 0. The van der Waals surface area contributed by atoms with Crippen LogP contribution in [0.5, 0.6) is 0 Å². The van der Waals surface area contributed by atoms with Gasteiger partial charge in [-0.3, -0.25) is 0 Å². The highest BCUT2D eigenvalue weighted by molar-refractivity contribution is 6.40. The lowest BCUT2D eigenvalue weighted by Gasteiger charge is -2.40. The predicted molar refractivity (Wildman–Crippen MR) is 80.8 cm³/mol. The average Bonchev–Trinajstić information content (AvgIpc) is 2.27. The van der Waals surface area contributed by atoms with Crippen LogP contribution in [0, 0.1) is 11.8 Å². The monoisotopic (exact) mass is 232 g/mol. The Morgan fingerprint density at radius 3 is 1.53 bits per heavy atom. The van der Waals surface area contributed by atoms with Gasteiger partial charge in [0.15, 0.2) is 0 Å². The molecule has 0 aliphatic carbocycles. The molecule has 0 bridgehead atoms. The van der Waals surface area contributed by atoms with Crippen LogP contribution in [-0.4, -0.2) is 15.7 Å². The van der Waals surface area contributed by atoms with Crippen LogP contribution < -0.4 is 0 Å². The molecule has 0 rings (SSSR count).